The van der Waals surface area contributed by atoms with Gasteiger partial charge >= 0.3 is 0 Å². The maximum absolute atomic E-state index is 12.4. The third-order valence-corrected chi connectivity index (χ3v) is 6.92. The molecule has 33 heavy (non-hydrogen) atoms. The smallest absolute Gasteiger partial charge is 0.275 e. The summed E-state index contributed by atoms with van der Waals surface area (Å²) in [6.07, 6.45) is 0. The van der Waals surface area contributed by atoms with Crippen molar-refractivity contribution in [3.8, 4) is 5.75 Å². The van der Waals surface area contributed by atoms with E-state index in [1.807, 2.05) is 57.2 Å². The zero-order chi connectivity index (χ0) is 23.4. The minimum absolute atomic E-state index is 0.0935. The molecule has 1 amide bonds. The number of aromatic nitrogens is 3. The molecule has 170 valence electrons. The van der Waals surface area contributed by atoms with E-state index in [0.29, 0.717) is 27.8 Å². The highest BCUT2D eigenvalue weighted by Gasteiger charge is 2.12. The topological polar surface area (TPSA) is 85.6 Å². The Labute approximate surface area is 199 Å². The number of hydrogen-bond donors (Lipinski definition) is 1. The predicted molar refractivity (Wildman–Crippen MR) is 133 cm³/mol. The first-order valence-corrected chi connectivity index (χ1v) is 12.3. The molecule has 2 aromatic carbocycles. The van der Waals surface area contributed by atoms with Crippen molar-refractivity contribution >= 4 is 39.7 Å². The van der Waals surface area contributed by atoms with Crippen LogP contribution in [-0.4, -0.2) is 26.3 Å². The van der Waals surface area contributed by atoms with E-state index < -0.39 is 0 Å². The van der Waals surface area contributed by atoms with E-state index >= 15 is 0 Å². The number of thioether (sulfide) groups is 1. The van der Waals surface area contributed by atoms with Crippen LogP contribution in [0.4, 0.5) is 5.69 Å². The van der Waals surface area contributed by atoms with Gasteiger partial charge in [-0.05, 0) is 31.2 Å². The number of anilines is 1. The Morgan fingerprint density at radius 1 is 1.18 bits per heavy atom. The maximum atomic E-state index is 12.4. The van der Waals surface area contributed by atoms with Crippen molar-refractivity contribution in [1.82, 2.24) is 14.6 Å². The fourth-order valence-electron chi connectivity index (χ4n) is 2.98. The Morgan fingerprint density at radius 3 is 2.73 bits per heavy atom. The van der Waals surface area contributed by atoms with Crippen LogP contribution in [0.3, 0.4) is 0 Å². The maximum Gasteiger partial charge on any atom is 0.275 e. The molecule has 4 aromatic rings. The number of amides is 1. The van der Waals surface area contributed by atoms with Crippen LogP contribution >= 0.6 is 23.1 Å². The van der Waals surface area contributed by atoms with E-state index in [1.165, 1.54) is 39.2 Å². The van der Waals surface area contributed by atoms with Gasteiger partial charge in [0.05, 0.1) is 11.4 Å². The molecule has 4 rings (SSSR count). The minimum atomic E-state index is -0.228. The minimum Gasteiger partial charge on any atom is -0.487 e. The zero-order valence-corrected chi connectivity index (χ0v) is 20.2. The van der Waals surface area contributed by atoms with Crippen molar-refractivity contribution in [3.63, 3.8) is 0 Å². The lowest BCUT2D eigenvalue weighted by atomic mass is 10.2. The summed E-state index contributed by atoms with van der Waals surface area (Å²) in [4.78, 5) is 30.8. The van der Waals surface area contributed by atoms with Crippen molar-refractivity contribution in [2.45, 2.75) is 38.2 Å². The number of benzene rings is 2. The molecule has 0 saturated heterocycles. The van der Waals surface area contributed by atoms with E-state index in [4.69, 9.17) is 4.74 Å². The van der Waals surface area contributed by atoms with Gasteiger partial charge in [0.1, 0.15) is 17.4 Å². The molecule has 0 saturated carbocycles. The highest BCUT2D eigenvalue weighted by atomic mass is 32.2. The summed E-state index contributed by atoms with van der Waals surface area (Å²) in [5.41, 5.74) is 2.14. The number of fused-ring (bicyclic) bond motifs is 1. The molecular formula is C24H24N4O3S2. The average molecular weight is 481 g/mol. The summed E-state index contributed by atoms with van der Waals surface area (Å²) >= 11 is 2.89. The van der Waals surface area contributed by atoms with Crippen LogP contribution in [0.1, 0.15) is 36.0 Å². The molecule has 0 aliphatic rings. The van der Waals surface area contributed by atoms with Gasteiger partial charge in [0.25, 0.3) is 5.56 Å². The Morgan fingerprint density at radius 2 is 1.97 bits per heavy atom. The van der Waals surface area contributed by atoms with Crippen LogP contribution in [0.25, 0.3) is 4.96 Å². The van der Waals surface area contributed by atoms with Gasteiger partial charge in [0.2, 0.25) is 10.9 Å². The highest BCUT2D eigenvalue weighted by Crippen LogP contribution is 2.22. The second kappa shape index (κ2) is 10.2. The molecule has 0 fully saturated rings. The molecule has 0 radical (unpaired) electrons. The summed E-state index contributed by atoms with van der Waals surface area (Å²) in [5.74, 6) is 1.02. The van der Waals surface area contributed by atoms with Crippen molar-refractivity contribution in [3.05, 3.63) is 81.2 Å². The number of carbonyl (C=O) groups excluding carboxylic acids is 1. The lowest BCUT2D eigenvalue weighted by Gasteiger charge is -2.09. The first-order valence-electron chi connectivity index (χ1n) is 10.5. The van der Waals surface area contributed by atoms with Crippen molar-refractivity contribution in [2.24, 2.45) is 0 Å². The molecule has 0 aliphatic carbocycles. The normalized spacial score (nSPS) is 11.2. The van der Waals surface area contributed by atoms with Gasteiger partial charge in [0.15, 0.2) is 0 Å². The quantitative estimate of drug-likeness (QED) is 0.361. The van der Waals surface area contributed by atoms with Gasteiger partial charge in [-0.25, -0.2) is 4.98 Å². The summed E-state index contributed by atoms with van der Waals surface area (Å²) in [7, 11) is 0. The molecule has 2 aromatic heterocycles. The third kappa shape index (κ3) is 6.00. The van der Waals surface area contributed by atoms with E-state index in [2.05, 4.69) is 15.4 Å². The number of hydrogen-bond acceptors (Lipinski definition) is 7. The first-order chi connectivity index (χ1) is 15.9. The first kappa shape index (κ1) is 23.0. The van der Waals surface area contributed by atoms with Gasteiger partial charge < -0.3 is 10.1 Å². The van der Waals surface area contributed by atoms with Crippen molar-refractivity contribution in [1.29, 1.82) is 0 Å². The Bertz CT molecular complexity index is 1330. The fourth-order valence-corrected chi connectivity index (χ4v) is 4.60. The Kier molecular flexibility index (Phi) is 7.10. The van der Waals surface area contributed by atoms with Crippen LogP contribution < -0.4 is 15.6 Å². The van der Waals surface area contributed by atoms with Crippen LogP contribution in [0.15, 0.2) is 64.3 Å². The number of aryl methyl sites for hydroxylation is 1. The molecule has 1 N–H and O–H groups in total. The highest BCUT2D eigenvalue weighted by molar-refractivity contribution is 8.00. The number of nitrogens with zero attached hydrogens (tertiary/aromatic N) is 3. The second-order valence-corrected chi connectivity index (χ2v) is 9.88. The number of carbonyl (C=O) groups is 1. The second-order valence-electron chi connectivity index (χ2n) is 7.84. The number of nitrogens with one attached hydrogen (secondary N) is 1. The molecule has 0 unspecified atom stereocenters. The van der Waals surface area contributed by atoms with Crippen molar-refractivity contribution in [2.75, 3.05) is 11.1 Å². The Hall–Kier alpha value is -3.17. The van der Waals surface area contributed by atoms with E-state index in [9.17, 15) is 9.59 Å². The van der Waals surface area contributed by atoms with Gasteiger partial charge in [-0.3, -0.25) is 9.59 Å². The number of ether oxygens (including phenoxy) is 1. The van der Waals surface area contributed by atoms with Crippen molar-refractivity contribution < 1.29 is 9.53 Å². The van der Waals surface area contributed by atoms with Gasteiger partial charge in [-0.2, -0.15) is 9.61 Å². The van der Waals surface area contributed by atoms with Gasteiger partial charge in [-0.1, -0.05) is 48.9 Å². The van der Waals surface area contributed by atoms with Gasteiger partial charge in [0, 0.05) is 28.6 Å². The van der Waals surface area contributed by atoms with E-state index in [1.54, 1.807) is 12.1 Å². The summed E-state index contributed by atoms with van der Waals surface area (Å²) in [6, 6.07) is 16.7. The summed E-state index contributed by atoms with van der Waals surface area (Å²) in [5, 5.41) is 8.08. The van der Waals surface area contributed by atoms with Crippen LogP contribution in [-0.2, 0) is 11.4 Å². The van der Waals surface area contributed by atoms with Crippen LogP contribution in [0.5, 0.6) is 5.75 Å². The lowest BCUT2D eigenvalue weighted by Crippen LogP contribution is -2.16. The largest absolute Gasteiger partial charge is 0.487 e. The molecule has 9 heteroatoms. The molecule has 0 bridgehead atoms. The SMILES string of the molecule is Cc1ccc(SCC(=O)Nc2cccc(OCc3cc(=O)n4nc(C(C)C)sc4n3)c2)cc1. The van der Waals surface area contributed by atoms with E-state index in [-0.39, 0.29) is 24.0 Å². The standard InChI is InChI=1S/C24H24N4O3S2/c1-15(2)23-27-28-22(30)12-18(26-24(28)33-23)13-31-19-6-4-5-17(11-19)25-21(29)14-32-20-9-7-16(3)8-10-20/h4-12,15H,13-14H2,1-3H3,(H,25,29). The van der Waals surface area contributed by atoms with Crippen LogP contribution in [0, 0.1) is 6.92 Å². The third-order valence-electron chi connectivity index (χ3n) is 4.70. The molecule has 0 atom stereocenters. The average Bonchev–Trinajstić information content (AvgIpc) is 3.23. The lowest BCUT2D eigenvalue weighted by molar-refractivity contribution is -0.113. The zero-order valence-electron chi connectivity index (χ0n) is 18.6. The van der Waals surface area contributed by atoms with Gasteiger partial charge in [-0.15, -0.1) is 11.8 Å². The summed E-state index contributed by atoms with van der Waals surface area (Å²) in [6.45, 7) is 6.23. The molecule has 0 spiro atoms. The molecule has 0 aliphatic heterocycles. The molecule has 7 nitrogen and oxygen atoms in total. The monoisotopic (exact) mass is 480 g/mol. The molecule has 2 heterocycles. The predicted octanol–water partition coefficient (Wildman–Crippen LogP) is 4.89. The summed E-state index contributed by atoms with van der Waals surface area (Å²) < 4.78 is 7.16. The molecular weight excluding hydrogens is 456 g/mol. The number of rotatable bonds is 8. The fraction of sp³-hybridized carbons (Fsp3) is 0.250. The Balaban J connectivity index is 1.36. The van der Waals surface area contributed by atoms with E-state index in [0.717, 1.165) is 9.90 Å². The van der Waals surface area contributed by atoms with Crippen LogP contribution in [0.2, 0.25) is 0 Å².